The van der Waals surface area contributed by atoms with Crippen LogP contribution in [0.1, 0.15) is 39.5 Å². The number of carbonyl (C=O) groups excluding carboxylic acids is 3. The minimum absolute atomic E-state index is 0.0400. The molecule has 0 radical (unpaired) electrons. The lowest BCUT2D eigenvalue weighted by Gasteiger charge is -2.20. The monoisotopic (exact) mass is 287 g/mol. The van der Waals surface area contributed by atoms with E-state index < -0.39 is 12.1 Å². The summed E-state index contributed by atoms with van der Waals surface area (Å²) in [6.07, 6.45) is 2.72. The maximum Gasteiger partial charge on any atom is 0.312 e. The Morgan fingerprint density at radius 2 is 1.80 bits per heavy atom. The van der Waals surface area contributed by atoms with Gasteiger partial charge in [-0.15, -0.1) is 0 Å². The van der Waals surface area contributed by atoms with E-state index in [-0.39, 0.29) is 17.8 Å². The number of nitrogens with two attached hydrogens (primary N) is 1. The fourth-order valence-corrected chi connectivity index (χ4v) is 1.68. The standard InChI is InChI=1S/C13H25N3O4/c1-9(2)11(16-13(14)19)12(18)15-8-6-4-5-7-10(17)20-3/h9,11H,4-8H2,1-3H3,(H,15,18)(H3,14,16,19). The van der Waals surface area contributed by atoms with E-state index in [1.54, 1.807) is 0 Å². The number of hydrogen-bond donors (Lipinski definition) is 3. The van der Waals surface area contributed by atoms with Gasteiger partial charge in [0.2, 0.25) is 5.91 Å². The first kappa shape index (κ1) is 18.2. The van der Waals surface area contributed by atoms with Crippen molar-refractivity contribution in [1.82, 2.24) is 10.6 Å². The lowest BCUT2D eigenvalue weighted by atomic mass is 10.0. The fraction of sp³-hybridized carbons (Fsp3) is 0.769. The van der Waals surface area contributed by atoms with Crippen LogP contribution in [0.15, 0.2) is 0 Å². The summed E-state index contributed by atoms with van der Waals surface area (Å²) in [6.45, 7) is 4.16. The van der Waals surface area contributed by atoms with Crippen molar-refractivity contribution in [2.24, 2.45) is 11.7 Å². The summed E-state index contributed by atoms with van der Waals surface area (Å²) < 4.78 is 4.53. The van der Waals surface area contributed by atoms with Crippen molar-refractivity contribution in [2.45, 2.75) is 45.6 Å². The number of hydrogen-bond acceptors (Lipinski definition) is 4. The second kappa shape index (κ2) is 10.1. The van der Waals surface area contributed by atoms with Gasteiger partial charge in [0.05, 0.1) is 7.11 Å². The zero-order valence-electron chi connectivity index (χ0n) is 12.4. The summed E-state index contributed by atoms with van der Waals surface area (Å²) in [5.74, 6) is -0.506. The van der Waals surface area contributed by atoms with E-state index in [9.17, 15) is 14.4 Å². The highest BCUT2D eigenvalue weighted by atomic mass is 16.5. The number of esters is 1. The Balaban J connectivity index is 3.85. The molecule has 0 spiro atoms. The van der Waals surface area contributed by atoms with E-state index in [0.717, 1.165) is 19.3 Å². The molecule has 0 rings (SSSR count). The van der Waals surface area contributed by atoms with Gasteiger partial charge in [-0.3, -0.25) is 9.59 Å². The topological polar surface area (TPSA) is 111 Å². The van der Waals surface area contributed by atoms with Crippen LogP contribution in [0.5, 0.6) is 0 Å². The Bertz CT molecular complexity index is 332. The van der Waals surface area contributed by atoms with Gasteiger partial charge in [-0.2, -0.15) is 0 Å². The highest BCUT2D eigenvalue weighted by molar-refractivity contribution is 5.86. The number of rotatable bonds is 9. The SMILES string of the molecule is COC(=O)CCCCCNC(=O)C(NC(N)=O)C(C)C. The summed E-state index contributed by atoms with van der Waals surface area (Å²) in [5, 5.41) is 5.17. The molecule has 0 saturated carbocycles. The average Bonchev–Trinajstić information content (AvgIpc) is 2.38. The third kappa shape index (κ3) is 8.34. The molecule has 3 amide bonds. The van der Waals surface area contributed by atoms with Gasteiger partial charge in [-0.05, 0) is 18.8 Å². The predicted molar refractivity (Wildman–Crippen MR) is 74.8 cm³/mol. The van der Waals surface area contributed by atoms with E-state index in [4.69, 9.17) is 5.73 Å². The molecule has 0 heterocycles. The second-order valence-corrected chi connectivity index (χ2v) is 4.91. The van der Waals surface area contributed by atoms with Crippen molar-refractivity contribution in [3.05, 3.63) is 0 Å². The third-order valence-electron chi connectivity index (χ3n) is 2.83. The number of methoxy groups -OCH3 is 1. The van der Waals surface area contributed by atoms with E-state index in [1.807, 2.05) is 13.8 Å². The molecule has 1 unspecified atom stereocenters. The molecule has 0 aliphatic carbocycles. The molecule has 0 bridgehead atoms. The lowest BCUT2D eigenvalue weighted by molar-refractivity contribution is -0.140. The summed E-state index contributed by atoms with van der Waals surface area (Å²) in [5.41, 5.74) is 5.03. The number of primary amides is 1. The van der Waals surface area contributed by atoms with Crippen molar-refractivity contribution in [2.75, 3.05) is 13.7 Å². The first-order valence-corrected chi connectivity index (χ1v) is 6.79. The Hall–Kier alpha value is -1.79. The van der Waals surface area contributed by atoms with Gasteiger partial charge in [0, 0.05) is 13.0 Å². The molecule has 0 aromatic heterocycles. The molecule has 0 aliphatic heterocycles. The van der Waals surface area contributed by atoms with E-state index in [0.29, 0.717) is 13.0 Å². The van der Waals surface area contributed by atoms with Crippen molar-refractivity contribution < 1.29 is 19.1 Å². The third-order valence-corrected chi connectivity index (χ3v) is 2.83. The Labute approximate surface area is 119 Å². The molecule has 0 aliphatic rings. The van der Waals surface area contributed by atoms with Crippen LogP contribution in [0.2, 0.25) is 0 Å². The Morgan fingerprint density at radius 1 is 1.15 bits per heavy atom. The van der Waals surface area contributed by atoms with Crippen LogP contribution in [0.25, 0.3) is 0 Å². The van der Waals surface area contributed by atoms with Crippen molar-refractivity contribution in [3.8, 4) is 0 Å². The summed E-state index contributed by atoms with van der Waals surface area (Å²) >= 11 is 0. The molecule has 0 aromatic rings. The van der Waals surface area contributed by atoms with Gasteiger partial charge >= 0.3 is 12.0 Å². The van der Waals surface area contributed by atoms with E-state index in [1.165, 1.54) is 7.11 Å². The summed E-state index contributed by atoms with van der Waals surface area (Å²) in [7, 11) is 1.36. The Morgan fingerprint density at radius 3 is 2.30 bits per heavy atom. The van der Waals surface area contributed by atoms with Crippen LogP contribution in [-0.4, -0.2) is 37.6 Å². The number of unbranched alkanes of at least 4 members (excludes halogenated alkanes) is 2. The largest absolute Gasteiger partial charge is 0.469 e. The maximum atomic E-state index is 11.9. The van der Waals surface area contributed by atoms with Crippen LogP contribution in [0.3, 0.4) is 0 Å². The van der Waals surface area contributed by atoms with Crippen LogP contribution >= 0.6 is 0 Å². The van der Waals surface area contributed by atoms with Gasteiger partial charge in [0.1, 0.15) is 6.04 Å². The maximum absolute atomic E-state index is 11.9. The molecule has 0 saturated heterocycles. The van der Waals surface area contributed by atoms with Gasteiger partial charge in [-0.25, -0.2) is 4.79 Å². The molecule has 4 N–H and O–H groups in total. The number of urea groups is 1. The highest BCUT2D eigenvalue weighted by Gasteiger charge is 2.22. The number of amides is 3. The zero-order valence-corrected chi connectivity index (χ0v) is 12.4. The molecule has 116 valence electrons. The molecule has 0 fully saturated rings. The van der Waals surface area contributed by atoms with Crippen LogP contribution < -0.4 is 16.4 Å². The molecule has 7 nitrogen and oxygen atoms in total. The highest BCUT2D eigenvalue weighted by Crippen LogP contribution is 2.03. The van der Waals surface area contributed by atoms with Crippen LogP contribution in [-0.2, 0) is 14.3 Å². The van der Waals surface area contributed by atoms with Crippen LogP contribution in [0.4, 0.5) is 4.79 Å². The molecular formula is C13H25N3O4. The van der Waals surface area contributed by atoms with E-state index in [2.05, 4.69) is 15.4 Å². The van der Waals surface area contributed by atoms with E-state index >= 15 is 0 Å². The van der Waals surface area contributed by atoms with Crippen molar-refractivity contribution >= 4 is 17.9 Å². The fourth-order valence-electron chi connectivity index (χ4n) is 1.68. The first-order valence-electron chi connectivity index (χ1n) is 6.79. The summed E-state index contributed by atoms with van der Waals surface area (Å²) in [6, 6.07) is -1.33. The number of ether oxygens (including phenoxy) is 1. The van der Waals surface area contributed by atoms with Gasteiger partial charge in [0.15, 0.2) is 0 Å². The molecule has 0 aromatic carbocycles. The smallest absolute Gasteiger partial charge is 0.312 e. The van der Waals surface area contributed by atoms with Crippen molar-refractivity contribution in [3.63, 3.8) is 0 Å². The van der Waals surface area contributed by atoms with Gasteiger partial charge in [0.25, 0.3) is 0 Å². The van der Waals surface area contributed by atoms with Crippen molar-refractivity contribution in [1.29, 1.82) is 0 Å². The quantitative estimate of drug-likeness (QED) is 0.424. The minimum Gasteiger partial charge on any atom is -0.469 e. The molecule has 7 heteroatoms. The zero-order chi connectivity index (χ0) is 15.5. The molecule has 20 heavy (non-hydrogen) atoms. The normalized spacial score (nSPS) is 11.8. The number of carbonyl (C=O) groups is 3. The lowest BCUT2D eigenvalue weighted by Crippen LogP contribution is -2.51. The molecule has 1 atom stereocenters. The average molecular weight is 287 g/mol. The summed E-state index contributed by atoms with van der Waals surface area (Å²) in [4.78, 5) is 33.5. The predicted octanol–water partition coefficient (Wildman–Crippen LogP) is 0.529. The number of nitrogens with one attached hydrogen (secondary N) is 2. The Kier molecular flexibility index (Phi) is 9.15. The van der Waals surface area contributed by atoms with Gasteiger partial charge in [-0.1, -0.05) is 20.3 Å². The van der Waals surface area contributed by atoms with Gasteiger partial charge < -0.3 is 21.1 Å². The minimum atomic E-state index is -0.711. The second-order valence-electron chi connectivity index (χ2n) is 4.91. The first-order chi connectivity index (χ1) is 9.38. The van der Waals surface area contributed by atoms with Crippen LogP contribution in [0, 0.1) is 5.92 Å². The molecular weight excluding hydrogens is 262 g/mol.